The lowest BCUT2D eigenvalue weighted by Crippen LogP contribution is -2.57. The van der Waals surface area contributed by atoms with Gasteiger partial charge in [0.25, 0.3) is 0 Å². The smallest absolute Gasteiger partial charge is 0.122 e. The van der Waals surface area contributed by atoms with Crippen LogP contribution in [-0.4, -0.2) is 43.8 Å². The van der Waals surface area contributed by atoms with E-state index < -0.39 is 0 Å². The topological polar surface area (TPSA) is 37.6 Å². The van der Waals surface area contributed by atoms with Gasteiger partial charge in [0.15, 0.2) is 0 Å². The van der Waals surface area contributed by atoms with Crippen molar-refractivity contribution in [3.8, 4) is 0 Å². The van der Waals surface area contributed by atoms with Gasteiger partial charge in [-0.05, 0) is 32.5 Å². The lowest BCUT2D eigenvalue weighted by molar-refractivity contribution is -0.0346. The Morgan fingerprint density at radius 2 is 2.17 bits per heavy atom. The van der Waals surface area contributed by atoms with Gasteiger partial charge in [-0.15, -0.1) is 0 Å². The molecule has 2 rings (SSSR count). The molecule has 0 bridgehead atoms. The molecule has 0 saturated carbocycles. The standard InChI is InChI=1S/C14H24N2O2/c1-4-14(2,16-7-10-17-11-8-16)13(15-3)12-6-5-9-18-12/h5-6,9,13,15H,4,7-8,10-11H2,1-3H3. The van der Waals surface area contributed by atoms with Crippen LogP contribution < -0.4 is 5.32 Å². The van der Waals surface area contributed by atoms with Crippen LogP contribution in [-0.2, 0) is 4.74 Å². The molecule has 1 aliphatic heterocycles. The van der Waals surface area contributed by atoms with Gasteiger partial charge in [0, 0.05) is 18.6 Å². The molecule has 2 atom stereocenters. The number of furan rings is 1. The molecule has 0 radical (unpaired) electrons. The Morgan fingerprint density at radius 3 is 2.67 bits per heavy atom. The van der Waals surface area contributed by atoms with Gasteiger partial charge in [0.1, 0.15) is 5.76 Å². The predicted octanol–water partition coefficient (Wildman–Crippen LogP) is 2.04. The third kappa shape index (κ3) is 2.46. The Hall–Kier alpha value is -0.840. The van der Waals surface area contributed by atoms with E-state index in [0.717, 1.165) is 38.5 Å². The summed E-state index contributed by atoms with van der Waals surface area (Å²) in [5, 5.41) is 3.42. The van der Waals surface area contributed by atoms with Gasteiger partial charge in [0.05, 0.1) is 25.5 Å². The fourth-order valence-corrected chi connectivity index (χ4v) is 2.90. The number of likely N-dealkylation sites (N-methyl/N-ethyl adjacent to an activating group) is 1. The maximum atomic E-state index is 5.60. The highest BCUT2D eigenvalue weighted by Crippen LogP contribution is 2.34. The SMILES string of the molecule is CCC(C)(C(NC)c1ccco1)N1CCOCC1. The van der Waals surface area contributed by atoms with E-state index >= 15 is 0 Å². The molecule has 1 N–H and O–H groups in total. The van der Waals surface area contributed by atoms with Gasteiger partial charge in [-0.25, -0.2) is 0 Å². The molecule has 1 aromatic heterocycles. The number of ether oxygens (including phenoxy) is 1. The minimum Gasteiger partial charge on any atom is -0.468 e. The summed E-state index contributed by atoms with van der Waals surface area (Å²) in [5.74, 6) is 1.01. The molecule has 1 aliphatic rings. The van der Waals surface area contributed by atoms with Crippen LogP contribution in [0.25, 0.3) is 0 Å². The second kappa shape index (κ2) is 5.87. The molecular formula is C14H24N2O2. The molecule has 4 nitrogen and oxygen atoms in total. The zero-order chi connectivity index (χ0) is 13.0. The third-order valence-electron chi connectivity index (χ3n) is 4.19. The lowest BCUT2D eigenvalue weighted by atomic mass is 9.85. The summed E-state index contributed by atoms with van der Waals surface area (Å²) in [6, 6.07) is 4.21. The van der Waals surface area contributed by atoms with E-state index in [1.807, 2.05) is 13.1 Å². The maximum Gasteiger partial charge on any atom is 0.122 e. The first kappa shape index (κ1) is 13.6. The second-order valence-electron chi connectivity index (χ2n) is 5.05. The minimum atomic E-state index is 0.0520. The van der Waals surface area contributed by atoms with Crippen LogP contribution in [0.3, 0.4) is 0 Å². The molecule has 0 aliphatic carbocycles. The van der Waals surface area contributed by atoms with E-state index in [2.05, 4.69) is 30.1 Å². The molecule has 4 heteroatoms. The van der Waals surface area contributed by atoms with Crippen molar-refractivity contribution >= 4 is 0 Å². The van der Waals surface area contributed by atoms with Crippen molar-refractivity contribution in [2.24, 2.45) is 0 Å². The van der Waals surface area contributed by atoms with Crippen molar-refractivity contribution in [1.29, 1.82) is 0 Å². The summed E-state index contributed by atoms with van der Waals surface area (Å²) < 4.78 is 11.1. The van der Waals surface area contributed by atoms with Gasteiger partial charge < -0.3 is 14.5 Å². The maximum absolute atomic E-state index is 5.60. The molecule has 1 saturated heterocycles. The Bertz CT molecular complexity index is 347. The summed E-state index contributed by atoms with van der Waals surface area (Å²) in [5.41, 5.74) is 0.0520. The number of nitrogens with one attached hydrogen (secondary N) is 1. The van der Waals surface area contributed by atoms with Gasteiger partial charge in [-0.2, -0.15) is 0 Å². The van der Waals surface area contributed by atoms with E-state index in [4.69, 9.17) is 9.15 Å². The molecular weight excluding hydrogens is 228 g/mol. The molecule has 0 amide bonds. The first-order chi connectivity index (χ1) is 8.72. The van der Waals surface area contributed by atoms with E-state index in [-0.39, 0.29) is 11.6 Å². The lowest BCUT2D eigenvalue weighted by Gasteiger charge is -2.47. The summed E-state index contributed by atoms with van der Waals surface area (Å²) in [4.78, 5) is 2.51. The van der Waals surface area contributed by atoms with E-state index in [1.165, 1.54) is 0 Å². The Balaban J connectivity index is 2.23. The Labute approximate surface area is 109 Å². The van der Waals surface area contributed by atoms with Crippen molar-refractivity contribution < 1.29 is 9.15 Å². The van der Waals surface area contributed by atoms with Crippen LogP contribution in [0.5, 0.6) is 0 Å². The number of morpholine rings is 1. The third-order valence-corrected chi connectivity index (χ3v) is 4.19. The summed E-state index contributed by atoms with van der Waals surface area (Å²) >= 11 is 0. The van der Waals surface area contributed by atoms with E-state index in [0.29, 0.717) is 0 Å². The van der Waals surface area contributed by atoms with Crippen molar-refractivity contribution in [2.75, 3.05) is 33.4 Å². The van der Waals surface area contributed by atoms with Gasteiger partial charge in [-0.3, -0.25) is 4.90 Å². The minimum absolute atomic E-state index is 0.0520. The molecule has 1 aromatic rings. The van der Waals surface area contributed by atoms with Crippen molar-refractivity contribution in [3.05, 3.63) is 24.2 Å². The molecule has 102 valence electrons. The first-order valence-corrected chi connectivity index (χ1v) is 6.76. The van der Waals surface area contributed by atoms with Crippen molar-refractivity contribution in [3.63, 3.8) is 0 Å². The van der Waals surface area contributed by atoms with E-state index in [9.17, 15) is 0 Å². The fourth-order valence-electron chi connectivity index (χ4n) is 2.90. The molecule has 0 aromatic carbocycles. The summed E-state index contributed by atoms with van der Waals surface area (Å²) in [7, 11) is 2.00. The Kier molecular flexibility index (Phi) is 4.43. The average molecular weight is 252 g/mol. The van der Waals surface area contributed by atoms with E-state index in [1.54, 1.807) is 6.26 Å². The highest BCUT2D eigenvalue weighted by molar-refractivity contribution is 5.12. The molecule has 18 heavy (non-hydrogen) atoms. The summed E-state index contributed by atoms with van der Waals surface area (Å²) in [6.45, 7) is 8.17. The highest BCUT2D eigenvalue weighted by atomic mass is 16.5. The average Bonchev–Trinajstić information content (AvgIpc) is 2.94. The van der Waals surface area contributed by atoms with Crippen molar-refractivity contribution in [1.82, 2.24) is 10.2 Å². The first-order valence-electron chi connectivity index (χ1n) is 6.76. The number of nitrogens with zero attached hydrogens (tertiary/aromatic N) is 1. The van der Waals surface area contributed by atoms with Crippen molar-refractivity contribution in [2.45, 2.75) is 31.8 Å². The quantitative estimate of drug-likeness (QED) is 0.870. The zero-order valence-electron chi connectivity index (χ0n) is 11.6. The Morgan fingerprint density at radius 1 is 1.44 bits per heavy atom. The monoisotopic (exact) mass is 252 g/mol. The van der Waals surface area contributed by atoms with Crippen LogP contribution >= 0.6 is 0 Å². The largest absolute Gasteiger partial charge is 0.468 e. The number of rotatable bonds is 5. The highest BCUT2D eigenvalue weighted by Gasteiger charge is 2.40. The zero-order valence-corrected chi connectivity index (χ0v) is 11.6. The van der Waals surface area contributed by atoms with Crippen LogP contribution in [0, 0.1) is 0 Å². The molecule has 0 spiro atoms. The van der Waals surface area contributed by atoms with Crippen LogP contribution in [0.2, 0.25) is 0 Å². The van der Waals surface area contributed by atoms with Crippen LogP contribution in [0.15, 0.2) is 22.8 Å². The normalized spacial score (nSPS) is 22.6. The number of hydrogen-bond acceptors (Lipinski definition) is 4. The summed E-state index contributed by atoms with van der Waals surface area (Å²) in [6.07, 6.45) is 2.81. The molecule has 1 fully saturated rings. The molecule has 2 heterocycles. The van der Waals surface area contributed by atoms with Crippen LogP contribution in [0.4, 0.5) is 0 Å². The van der Waals surface area contributed by atoms with Gasteiger partial charge in [0.2, 0.25) is 0 Å². The second-order valence-corrected chi connectivity index (χ2v) is 5.05. The molecule has 2 unspecified atom stereocenters. The van der Waals surface area contributed by atoms with Crippen LogP contribution in [0.1, 0.15) is 32.1 Å². The van der Waals surface area contributed by atoms with Gasteiger partial charge in [-0.1, -0.05) is 6.92 Å². The number of hydrogen-bond donors (Lipinski definition) is 1. The predicted molar refractivity (Wildman–Crippen MR) is 71.6 cm³/mol. The van der Waals surface area contributed by atoms with Gasteiger partial charge >= 0.3 is 0 Å². The fraction of sp³-hybridized carbons (Fsp3) is 0.714.